The Morgan fingerprint density at radius 1 is 1.21 bits per heavy atom. The van der Waals surface area contributed by atoms with Gasteiger partial charge in [0.25, 0.3) is 0 Å². The Labute approximate surface area is 86.5 Å². The summed E-state index contributed by atoms with van der Waals surface area (Å²) in [5.74, 6) is 0.813. The van der Waals surface area contributed by atoms with Crippen molar-refractivity contribution in [3.8, 4) is 0 Å². The predicted octanol–water partition coefficient (Wildman–Crippen LogP) is 0.315. The van der Waals surface area contributed by atoms with Crippen LogP contribution in [0.5, 0.6) is 0 Å². The maximum absolute atomic E-state index is 10.7. The summed E-state index contributed by atoms with van der Waals surface area (Å²) in [6.45, 7) is 2.25. The van der Waals surface area contributed by atoms with Gasteiger partial charge in [0, 0.05) is 13.1 Å². The molecule has 1 aliphatic rings. The first-order valence-electron chi connectivity index (χ1n) is 5.23. The van der Waals surface area contributed by atoms with E-state index in [1.54, 1.807) is 0 Å². The van der Waals surface area contributed by atoms with Gasteiger partial charge in [-0.2, -0.15) is 0 Å². The molecule has 0 amide bonds. The van der Waals surface area contributed by atoms with Crippen LogP contribution >= 0.6 is 0 Å². The van der Waals surface area contributed by atoms with Gasteiger partial charge in [-0.15, -0.1) is 0 Å². The van der Waals surface area contributed by atoms with E-state index < -0.39 is 10.0 Å². The van der Waals surface area contributed by atoms with Gasteiger partial charge in [0.15, 0.2) is 0 Å². The average molecular weight is 220 g/mol. The molecular weight excluding hydrogens is 200 g/mol. The van der Waals surface area contributed by atoms with Gasteiger partial charge in [0.05, 0.1) is 6.26 Å². The minimum absolute atomic E-state index is 0.492. The van der Waals surface area contributed by atoms with E-state index in [0.717, 1.165) is 19.0 Å². The largest absolute Gasteiger partial charge is 0.315 e. The topological polar surface area (TPSA) is 58.2 Å². The Hall–Kier alpha value is -0.130. The maximum Gasteiger partial charge on any atom is 0.208 e. The van der Waals surface area contributed by atoms with Gasteiger partial charge < -0.3 is 5.32 Å². The summed E-state index contributed by atoms with van der Waals surface area (Å²) in [5, 5.41) is 3.27. The molecule has 84 valence electrons. The molecule has 14 heavy (non-hydrogen) atoms. The van der Waals surface area contributed by atoms with E-state index in [4.69, 9.17) is 0 Å². The van der Waals surface area contributed by atoms with Crippen molar-refractivity contribution in [1.82, 2.24) is 10.0 Å². The molecule has 0 atom stereocenters. The average Bonchev–Trinajstić information content (AvgIpc) is 2.54. The van der Waals surface area contributed by atoms with Crippen LogP contribution in [-0.4, -0.2) is 34.3 Å². The number of hydrogen-bond acceptors (Lipinski definition) is 3. The van der Waals surface area contributed by atoms with Crippen molar-refractivity contribution in [3.63, 3.8) is 0 Å². The molecule has 0 radical (unpaired) electrons. The Bertz CT molecular complexity index is 246. The molecule has 0 bridgehead atoms. The lowest BCUT2D eigenvalue weighted by atomic mass is 10.1. The van der Waals surface area contributed by atoms with Crippen molar-refractivity contribution in [1.29, 1.82) is 0 Å². The van der Waals surface area contributed by atoms with Crippen LogP contribution in [0.25, 0.3) is 0 Å². The quantitative estimate of drug-likeness (QED) is 0.634. The molecule has 1 fully saturated rings. The zero-order chi connectivity index (χ0) is 10.4. The Balaban J connectivity index is 1.94. The van der Waals surface area contributed by atoms with Gasteiger partial charge in [-0.25, -0.2) is 13.1 Å². The summed E-state index contributed by atoms with van der Waals surface area (Å²) in [7, 11) is -3.01. The lowest BCUT2D eigenvalue weighted by Gasteiger charge is -2.10. The lowest BCUT2D eigenvalue weighted by Crippen LogP contribution is -2.32. The minimum atomic E-state index is -3.01. The highest BCUT2D eigenvalue weighted by Crippen LogP contribution is 2.23. The molecule has 4 nitrogen and oxygen atoms in total. The van der Waals surface area contributed by atoms with Gasteiger partial charge in [-0.1, -0.05) is 12.8 Å². The minimum Gasteiger partial charge on any atom is -0.315 e. The second-order valence-electron chi connectivity index (χ2n) is 4.02. The zero-order valence-electron chi connectivity index (χ0n) is 8.75. The van der Waals surface area contributed by atoms with Crippen molar-refractivity contribution in [2.45, 2.75) is 25.7 Å². The van der Waals surface area contributed by atoms with Gasteiger partial charge in [-0.05, 0) is 25.3 Å². The Kier molecular flexibility index (Phi) is 4.84. The van der Waals surface area contributed by atoms with Crippen molar-refractivity contribution >= 4 is 10.0 Å². The van der Waals surface area contributed by atoms with Crippen LogP contribution in [0, 0.1) is 5.92 Å². The third-order valence-corrected chi connectivity index (χ3v) is 3.30. The van der Waals surface area contributed by atoms with E-state index in [1.165, 1.54) is 31.9 Å². The van der Waals surface area contributed by atoms with Crippen LogP contribution in [0.2, 0.25) is 0 Å². The second kappa shape index (κ2) is 5.68. The normalized spacial score (nSPS) is 18.9. The molecule has 5 heteroatoms. The molecule has 1 aliphatic carbocycles. The summed E-state index contributed by atoms with van der Waals surface area (Å²) in [5.41, 5.74) is 0. The molecule has 0 aliphatic heterocycles. The molecule has 0 aromatic rings. The predicted molar refractivity (Wildman–Crippen MR) is 57.7 cm³/mol. The van der Waals surface area contributed by atoms with E-state index in [9.17, 15) is 8.42 Å². The fourth-order valence-electron chi connectivity index (χ4n) is 1.85. The van der Waals surface area contributed by atoms with Crippen molar-refractivity contribution in [2.75, 3.05) is 25.9 Å². The van der Waals surface area contributed by atoms with Gasteiger partial charge in [0.2, 0.25) is 10.0 Å². The van der Waals surface area contributed by atoms with E-state index in [2.05, 4.69) is 10.0 Å². The lowest BCUT2D eigenvalue weighted by molar-refractivity contribution is 0.490. The SMILES string of the molecule is CS(=O)(=O)NCCNCC1CCCC1. The highest BCUT2D eigenvalue weighted by molar-refractivity contribution is 7.88. The summed E-state index contributed by atoms with van der Waals surface area (Å²) < 4.78 is 23.9. The number of hydrogen-bond donors (Lipinski definition) is 2. The van der Waals surface area contributed by atoms with E-state index in [1.807, 2.05) is 0 Å². The monoisotopic (exact) mass is 220 g/mol. The molecule has 2 N–H and O–H groups in total. The highest BCUT2D eigenvalue weighted by Gasteiger charge is 2.13. The molecule has 0 aromatic heterocycles. The second-order valence-corrected chi connectivity index (χ2v) is 5.85. The molecule has 1 rings (SSSR count). The van der Waals surface area contributed by atoms with Crippen LogP contribution in [-0.2, 0) is 10.0 Å². The fraction of sp³-hybridized carbons (Fsp3) is 1.00. The summed E-state index contributed by atoms with van der Waals surface area (Å²) in [4.78, 5) is 0. The molecule has 0 spiro atoms. The van der Waals surface area contributed by atoms with Gasteiger partial charge >= 0.3 is 0 Å². The summed E-state index contributed by atoms with van der Waals surface area (Å²) >= 11 is 0. The molecule has 0 heterocycles. The van der Waals surface area contributed by atoms with Crippen LogP contribution in [0.3, 0.4) is 0 Å². The van der Waals surface area contributed by atoms with E-state index in [-0.39, 0.29) is 0 Å². The third-order valence-electron chi connectivity index (χ3n) is 2.57. The highest BCUT2D eigenvalue weighted by atomic mass is 32.2. The third kappa shape index (κ3) is 5.57. The first-order chi connectivity index (χ1) is 6.58. The molecule has 1 saturated carbocycles. The van der Waals surface area contributed by atoms with E-state index in [0.29, 0.717) is 6.54 Å². The van der Waals surface area contributed by atoms with Gasteiger partial charge in [-0.3, -0.25) is 0 Å². The number of nitrogens with one attached hydrogen (secondary N) is 2. The van der Waals surface area contributed by atoms with Crippen LogP contribution in [0.1, 0.15) is 25.7 Å². The van der Waals surface area contributed by atoms with Gasteiger partial charge in [0.1, 0.15) is 0 Å². The molecule has 0 unspecified atom stereocenters. The maximum atomic E-state index is 10.7. The standard InChI is InChI=1S/C9H20N2O2S/c1-14(12,13)11-7-6-10-8-9-4-2-3-5-9/h9-11H,2-8H2,1H3. The van der Waals surface area contributed by atoms with Crippen molar-refractivity contribution < 1.29 is 8.42 Å². The van der Waals surface area contributed by atoms with Crippen molar-refractivity contribution in [2.24, 2.45) is 5.92 Å². The van der Waals surface area contributed by atoms with Crippen LogP contribution < -0.4 is 10.0 Å². The molecule has 0 saturated heterocycles. The van der Waals surface area contributed by atoms with Crippen LogP contribution in [0.4, 0.5) is 0 Å². The van der Waals surface area contributed by atoms with E-state index >= 15 is 0 Å². The fourth-order valence-corrected chi connectivity index (χ4v) is 2.32. The Morgan fingerprint density at radius 2 is 1.86 bits per heavy atom. The Morgan fingerprint density at radius 3 is 2.43 bits per heavy atom. The first kappa shape index (κ1) is 11.9. The smallest absolute Gasteiger partial charge is 0.208 e. The first-order valence-corrected chi connectivity index (χ1v) is 7.12. The van der Waals surface area contributed by atoms with Crippen molar-refractivity contribution in [3.05, 3.63) is 0 Å². The molecule has 0 aromatic carbocycles. The molecular formula is C9H20N2O2S. The number of rotatable bonds is 6. The summed E-state index contributed by atoms with van der Waals surface area (Å²) in [6, 6.07) is 0. The van der Waals surface area contributed by atoms with Crippen LogP contribution in [0.15, 0.2) is 0 Å². The summed E-state index contributed by atoms with van der Waals surface area (Å²) in [6.07, 6.45) is 6.55. The number of sulfonamides is 1. The zero-order valence-corrected chi connectivity index (χ0v) is 9.57.